The monoisotopic (exact) mass is 960 g/mol. The average molecular weight is 962 g/mol. The molecule has 4 aromatic heterocycles. The molecule has 2 aliphatic rings. The topological polar surface area (TPSA) is 203 Å². The largest absolute Gasteiger partial charge is 0.469 e. The molecule has 0 spiro atoms. The normalized spacial score (nSPS) is 17.3. The third-order valence-corrected chi connectivity index (χ3v) is 14.2. The van der Waals surface area contributed by atoms with Gasteiger partial charge in [-0.3, -0.25) is 23.7 Å². The molecule has 344 valence electrons. The molecule has 15 nitrogen and oxygen atoms in total. The Hall–Kier alpha value is -6.95. The van der Waals surface area contributed by atoms with Crippen molar-refractivity contribution in [2.75, 3.05) is 25.7 Å². The molecule has 67 heavy (non-hydrogen) atoms. The van der Waals surface area contributed by atoms with Gasteiger partial charge in [0.05, 0.1) is 84.0 Å². The number of nitrogen functional groups attached to an aromatic ring is 2. The molecule has 9 rings (SSSR count). The van der Waals surface area contributed by atoms with E-state index < -0.39 is 16.2 Å². The molecule has 0 radical (unpaired) electrons. The highest BCUT2D eigenvalue weighted by atomic mass is 35.5. The number of hydrogen-bond donors (Lipinski definition) is 3. The zero-order valence-electron chi connectivity index (χ0n) is 37.1. The van der Waals surface area contributed by atoms with Crippen molar-refractivity contribution in [2.45, 2.75) is 63.5 Å². The summed E-state index contributed by atoms with van der Waals surface area (Å²) in [6.45, 7) is 20.4. The number of halogens is 2. The first-order valence-electron chi connectivity index (χ1n) is 20.9. The predicted molar refractivity (Wildman–Crippen MR) is 259 cm³/mol. The summed E-state index contributed by atoms with van der Waals surface area (Å²) in [7, 11) is -1.01. The number of nitrogens with one attached hydrogen (secondary N) is 1. The Labute approximate surface area is 397 Å². The molecule has 0 bridgehead atoms. The van der Waals surface area contributed by atoms with Crippen LogP contribution in [0.5, 0.6) is 0 Å². The fourth-order valence-corrected chi connectivity index (χ4v) is 9.54. The van der Waals surface area contributed by atoms with Crippen LogP contribution in [0.4, 0.5) is 22.7 Å². The molecular weight excluding hydrogens is 916 g/mol. The quantitative estimate of drug-likeness (QED) is 0.0743. The standard InChI is InChI=1S/C21H19ClN4O2.C15H11ClN4.C13H16O5S/c1-11-4-19-14(7-18(11)24-2)16(15-8-25-9-17(23)20(15)22)10-26(19)13-5-12(6-13)21(27)28-3;1-8-3-14-9(4-13(8)18-2)10(6-20-14)11-5-19-7-12(17)15(11)16;1-9-3-5-12(6-4-9)19(15,16)18-11-7-10(8-11)13(14)17-2/h4,7-10,12-13H,5-6,23H2,1,3H3;3-7,20H,17H2,1H3;3-6,10-11H,7-8H2,1-2H3. The smallest absolute Gasteiger partial charge is 0.308 e. The number of H-pyrrole nitrogens is 1. The Morgan fingerprint density at radius 2 is 1.27 bits per heavy atom. The van der Waals surface area contributed by atoms with Gasteiger partial charge >= 0.3 is 11.9 Å². The molecule has 3 aromatic carbocycles. The van der Waals surface area contributed by atoms with Gasteiger partial charge in [-0.25, -0.2) is 9.69 Å². The first kappa shape index (κ1) is 48.0. The molecular formula is C49H46Cl2N8O7S. The number of anilines is 2. The van der Waals surface area contributed by atoms with Crippen LogP contribution in [0, 0.1) is 45.8 Å². The summed E-state index contributed by atoms with van der Waals surface area (Å²) in [4.78, 5) is 41.7. The summed E-state index contributed by atoms with van der Waals surface area (Å²) in [5, 5.41) is 2.79. The third kappa shape index (κ3) is 9.94. The minimum atomic E-state index is -3.75. The number of hydrogen-bond acceptors (Lipinski definition) is 11. The molecule has 0 saturated heterocycles. The average Bonchev–Trinajstić information content (AvgIpc) is 3.86. The molecule has 0 aliphatic heterocycles. The van der Waals surface area contributed by atoms with Gasteiger partial charge in [0.15, 0.2) is 11.4 Å². The first-order chi connectivity index (χ1) is 32.0. The van der Waals surface area contributed by atoms with Gasteiger partial charge < -0.3 is 30.5 Å². The van der Waals surface area contributed by atoms with Gasteiger partial charge in [0.2, 0.25) is 0 Å². The number of ether oxygens (including phenoxy) is 2. The minimum Gasteiger partial charge on any atom is -0.469 e. The van der Waals surface area contributed by atoms with Crippen LogP contribution in [-0.2, 0) is 33.4 Å². The molecule has 2 saturated carbocycles. The Balaban J connectivity index is 0.000000153. The third-order valence-electron chi connectivity index (χ3n) is 12.0. The molecule has 0 atom stereocenters. The Morgan fingerprint density at radius 3 is 1.82 bits per heavy atom. The van der Waals surface area contributed by atoms with Crippen LogP contribution in [0.15, 0.2) is 90.6 Å². The maximum Gasteiger partial charge on any atom is 0.308 e. The van der Waals surface area contributed by atoms with Crippen molar-refractivity contribution in [1.29, 1.82) is 0 Å². The number of nitrogens with zero attached hydrogens (tertiary/aromatic N) is 5. The van der Waals surface area contributed by atoms with Crippen LogP contribution in [0.25, 0.3) is 53.7 Å². The summed E-state index contributed by atoms with van der Waals surface area (Å²) in [6.07, 6.45) is 12.1. The van der Waals surface area contributed by atoms with Crippen LogP contribution in [0.2, 0.25) is 10.0 Å². The molecule has 0 amide bonds. The number of fused-ring (bicyclic) bond motifs is 2. The lowest BCUT2D eigenvalue weighted by Crippen LogP contribution is -2.38. The molecule has 2 fully saturated rings. The van der Waals surface area contributed by atoms with Crippen LogP contribution in [0.3, 0.4) is 0 Å². The van der Waals surface area contributed by atoms with Crippen molar-refractivity contribution in [3.05, 3.63) is 135 Å². The van der Waals surface area contributed by atoms with E-state index in [1.54, 1.807) is 24.5 Å². The number of carbonyl (C=O) groups excluding carboxylic acids is 2. The molecule has 18 heteroatoms. The fraction of sp³-hybridized carbons (Fsp3) is 0.265. The second-order valence-electron chi connectivity index (χ2n) is 16.4. The lowest BCUT2D eigenvalue weighted by molar-refractivity contribution is -0.151. The van der Waals surface area contributed by atoms with Crippen molar-refractivity contribution in [2.24, 2.45) is 11.8 Å². The number of aromatic nitrogens is 4. The highest BCUT2D eigenvalue weighted by molar-refractivity contribution is 7.86. The van der Waals surface area contributed by atoms with Crippen LogP contribution in [-0.4, -0.2) is 60.2 Å². The van der Waals surface area contributed by atoms with Gasteiger partial charge in [-0.05, 0) is 105 Å². The van der Waals surface area contributed by atoms with Gasteiger partial charge in [0.1, 0.15) is 0 Å². The van der Waals surface area contributed by atoms with Gasteiger partial charge in [0.25, 0.3) is 10.1 Å². The van der Waals surface area contributed by atoms with Crippen molar-refractivity contribution in [3.63, 3.8) is 0 Å². The molecule has 7 aromatic rings. The number of benzene rings is 3. The van der Waals surface area contributed by atoms with E-state index in [-0.39, 0.29) is 34.7 Å². The number of pyridine rings is 2. The molecule has 4 heterocycles. The number of aromatic amines is 1. The number of carbonyl (C=O) groups is 2. The highest BCUT2D eigenvalue weighted by Gasteiger charge is 2.39. The van der Waals surface area contributed by atoms with Crippen molar-refractivity contribution < 1.29 is 31.7 Å². The first-order valence-corrected chi connectivity index (χ1v) is 23.1. The maximum absolute atomic E-state index is 12.0. The van der Waals surface area contributed by atoms with E-state index in [4.69, 9.17) is 56.7 Å². The Morgan fingerprint density at radius 1 is 0.746 bits per heavy atom. The summed E-state index contributed by atoms with van der Waals surface area (Å²) in [5.74, 6) is -0.796. The van der Waals surface area contributed by atoms with Crippen molar-refractivity contribution in [3.8, 4) is 22.3 Å². The molecule has 2 aliphatic carbocycles. The van der Waals surface area contributed by atoms with E-state index in [0.29, 0.717) is 45.6 Å². The zero-order valence-corrected chi connectivity index (χ0v) is 39.5. The summed E-state index contributed by atoms with van der Waals surface area (Å²) in [5.41, 5.74) is 21.9. The van der Waals surface area contributed by atoms with E-state index in [2.05, 4.69) is 33.9 Å². The number of aryl methyl sites for hydroxylation is 3. The number of rotatable bonds is 8. The fourth-order valence-electron chi connectivity index (χ4n) is 8.05. The van der Waals surface area contributed by atoms with Crippen molar-refractivity contribution >= 4 is 89.8 Å². The lowest BCUT2D eigenvalue weighted by Gasteiger charge is -2.35. The van der Waals surface area contributed by atoms with E-state index >= 15 is 0 Å². The van der Waals surface area contributed by atoms with E-state index in [0.717, 1.165) is 73.6 Å². The minimum absolute atomic E-state index is 0.0721. The van der Waals surface area contributed by atoms with E-state index in [1.807, 2.05) is 57.4 Å². The SMILES string of the molecule is COC(=O)C1CC(OS(=O)(=O)c2ccc(C)cc2)C1.[C-]#[N+]c1cc2c(-c3cncc(N)c3Cl)c[nH]c2cc1C.[C-]#[N+]c1cc2c(-c3cncc(N)c3Cl)cn(C3CC(C(=O)OC)C3)c2cc1C. The van der Waals surface area contributed by atoms with Gasteiger partial charge in [-0.2, -0.15) is 8.42 Å². The van der Waals surface area contributed by atoms with Crippen LogP contribution in [0.1, 0.15) is 48.4 Å². The van der Waals surface area contributed by atoms with Gasteiger partial charge in [-0.15, -0.1) is 0 Å². The van der Waals surface area contributed by atoms with Gasteiger partial charge in [0, 0.05) is 64.1 Å². The summed E-state index contributed by atoms with van der Waals surface area (Å²) >= 11 is 12.7. The summed E-state index contributed by atoms with van der Waals surface area (Å²) in [6, 6.07) is 14.4. The molecule has 0 unspecified atom stereocenters. The van der Waals surface area contributed by atoms with Gasteiger partial charge in [-0.1, -0.05) is 40.9 Å². The Bertz CT molecular complexity index is 3240. The van der Waals surface area contributed by atoms with Crippen LogP contribution < -0.4 is 11.5 Å². The second kappa shape index (κ2) is 19.9. The number of esters is 2. The van der Waals surface area contributed by atoms with E-state index in [1.165, 1.54) is 38.7 Å². The predicted octanol–water partition coefficient (Wildman–Crippen LogP) is 10.9. The van der Waals surface area contributed by atoms with Crippen molar-refractivity contribution in [1.82, 2.24) is 19.5 Å². The second-order valence-corrected chi connectivity index (χ2v) is 18.7. The highest BCUT2D eigenvalue weighted by Crippen LogP contribution is 2.46. The number of methoxy groups -OCH3 is 2. The molecule has 5 N–H and O–H groups in total. The number of nitrogens with two attached hydrogens (primary N) is 2. The Kier molecular flexibility index (Phi) is 14.2. The lowest BCUT2D eigenvalue weighted by atomic mass is 9.80. The summed E-state index contributed by atoms with van der Waals surface area (Å²) < 4.78 is 40.6. The zero-order chi connectivity index (χ0) is 48.3. The maximum atomic E-state index is 12.0. The van der Waals surface area contributed by atoms with Crippen LogP contribution >= 0.6 is 23.2 Å². The van der Waals surface area contributed by atoms with E-state index in [9.17, 15) is 18.0 Å².